The normalized spacial score (nSPS) is 18.4. The molecule has 2 heterocycles. The maximum absolute atomic E-state index is 14.6. The van der Waals surface area contributed by atoms with Crippen LogP contribution in [0.5, 0.6) is 0 Å². The van der Waals surface area contributed by atoms with Crippen LogP contribution in [0, 0.1) is 29.6 Å². The second-order valence-corrected chi connectivity index (χ2v) is 10.3. The first-order chi connectivity index (χ1) is 20.1. The van der Waals surface area contributed by atoms with Gasteiger partial charge < -0.3 is 5.32 Å². The van der Waals surface area contributed by atoms with Crippen LogP contribution in [0.4, 0.5) is 20.4 Å². The lowest BCUT2D eigenvalue weighted by Crippen LogP contribution is -2.56. The van der Waals surface area contributed by atoms with Gasteiger partial charge in [0.05, 0.1) is 11.6 Å². The Labute approximate surface area is 240 Å². The molecule has 0 spiro atoms. The number of anilines is 2. The number of nitrogens with zero attached hydrogens (tertiary/aromatic N) is 6. The zero-order chi connectivity index (χ0) is 30.0. The summed E-state index contributed by atoms with van der Waals surface area (Å²) in [7, 11) is 0. The van der Waals surface area contributed by atoms with Gasteiger partial charge in [0.1, 0.15) is 23.8 Å². The number of aromatic nitrogens is 2. The van der Waals surface area contributed by atoms with E-state index in [1.54, 1.807) is 43.3 Å². The monoisotopic (exact) mass is 569 g/mol. The van der Waals surface area contributed by atoms with Gasteiger partial charge in [-0.05, 0) is 48.7 Å². The summed E-state index contributed by atoms with van der Waals surface area (Å²) in [5.74, 6) is -4.80. The van der Waals surface area contributed by atoms with Gasteiger partial charge in [-0.2, -0.15) is 10.5 Å². The third-order valence-corrected chi connectivity index (χ3v) is 7.39. The summed E-state index contributed by atoms with van der Waals surface area (Å²) in [4.78, 5) is 52.1. The van der Waals surface area contributed by atoms with E-state index in [0.29, 0.717) is 11.1 Å². The van der Waals surface area contributed by atoms with Gasteiger partial charge in [0.15, 0.2) is 0 Å². The van der Waals surface area contributed by atoms with Gasteiger partial charge in [-0.3, -0.25) is 24.2 Å². The molecular weight excluding hydrogens is 544 g/mol. The third kappa shape index (κ3) is 5.52. The van der Waals surface area contributed by atoms with Gasteiger partial charge in [-0.1, -0.05) is 30.3 Å². The van der Waals surface area contributed by atoms with Crippen LogP contribution in [-0.4, -0.2) is 45.7 Å². The van der Waals surface area contributed by atoms with Crippen molar-refractivity contribution in [2.45, 2.75) is 56.7 Å². The molecule has 3 aromatic rings. The molecule has 42 heavy (non-hydrogen) atoms. The predicted molar refractivity (Wildman–Crippen MR) is 146 cm³/mol. The molecule has 5 rings (SSSR count). The van der Waals surface area contributed by atoms with E-state index >= 15 is 0 Å². The minimum Gasteiger partial charge on any atom is -0.351 e. The van der Waals surface area contributed by atoms with E-state index in [-0.39, 0.29) is 35.7 Å². The van der Waals surface area contributed by atoms with Crippen molar-refractivity contribution in [3.05, 3.63) is 83.2 Å². The van der Waals surface area contributed by atoms with Gasteiger partial charge in [-0.25, -0.2) is 18.7 Å². The van der Waals surface area contributed by atoms with E-state index in [4.69, 9.17) is 0 Å². The Balaban J connectivity index is 1.62. The summed E-state index contributed by atoms with van der Waals surface area (Å²) in [6.45, 7) is 1.76. The van der Waals surface area contributed by atoms with Crippen molar-refractivity contribution >= 4 is 29.4 Å². The fraction of sp³-hybridized carbons (Fsp3) is 0.300. The summed E-state index contributed by atoms with van der Waals surface area (Å²) in [5.41, 5.74) is 1.52. The fourth-order valence-electron chi connectivity index (χ4n) is 5.32. The molecule has 2 aliphatic rings. The maximum atomic E-state index is 14.6. The first-order valence-corrected chi connectivity index (χ1v) is 13.2. The molecule has 1 aliphatic carbocycles. The molecule has 1 saturated heterocycles. The lowest BCUT2D eigenvalue weighted by Gasteiger charge is -2.39. The lowest BCUT2D eigenvalue weighted by atomic mass is 9.87. The SMILES string of the molecule is Cc1ccccc1C(C(=O)NC1CC(F)(F)C1)N(C(=O)C1CCC(=O)N1c1nccc(C#N)n1)c1cccc(C#N)c1. The van der Waals surface area contributed by atoms with Crippen molar-refractivity contribution in [1.82, 2.24) is 15.3 Å². The summed E-state index contributed by atoms with van der Waals surface area (Å²) in [5, 5.41) is 21.6. The predicted octanol–water partition coefficient (Wildman–Crippen LogP) is 3.71. The molecule has 2 fully saturated rings. The molecule has 2 aromatic carbocycles. The summed E-state index contributed by atoms with van der Waals surface area (Å²) < 4.78 is 27.3. The second kappa shape index (κ2) is 11.3. The molecule has 1 aromatic heterocycles. The maximum Gasteiger partial charge on any atom is 0.252 e. The minimum atomic E-state index is -2.88. The summed E-state index contributed by atoms with van der Waals surface area (Å²) in [6, 6.07) is 15.0. The smallest absolute Gasteiger partial charge is 0.252 e. The average molecular weight is 570 g/mol. The Morgan fingerprint density at radius 3 is 2.57 bits per heavy atom. The van der Waals surface area contributed by atoms with Crippen molar-refractivity contribution < 1.29 is 23.2 Å². The van der Waals surface area contributed by atoms with Gasteiger partial charge in [0.25, 0.3) is 11.8 Å². The highest BCUT2D eigenvalue weighted by Gasteiger charge is 2.48. The van der Waals surface area contributed by atoms with Crippen LogP contribution in [0.3, 0.4) is 0 Å². The number of benzene rings is 2. The molecule has 0 radical (unpaired) electrons. The molecule has 0 bridgehead atoms. The quantitative estimate of drug-likeness (QED) is 0.457. The number of hydrogen-bond acceptors (Lipinski definition) is 7. The molecule has 212 valence electrons. The molecule has 2 atom stereocenters. The Bertz CT molecular complexity index is 1640. The van der Waals surface area contributed by atoms with Crippen LogP contribution in [0.25, 0.3) is 0 Å². The van der Waals surface area contributed by atoms with E-state index in [2.05, 4.69) is 15.3 Å². The highest BCUT2D eigenvalue weighted by Crippen LogP contribution is 2.39. The Kier molecular flexibility index (Phi) is 7.64. The second-order valence-electron chi connectivity index (χ2n) is 10.3. The van der Waals surface area contributed by atoms with Crippen molar-refractivity contribution in [1.29, 1.82) is 10.5 Å². The highest BCUT2D eigenvalue weighted by atomic mass is 19.3. The van der Waals surface area contributed by atoms with Gasteiger partial charge in [0, 0.05) is 37.2 Å². The number of nitrogens with one attached hydrogen (secondary N) is 1. The van der Waals surface area contributed by atoms with E-state index in [0.717, 1.165) is 4.90 Å². The molecule has 1 saturated carbocycles. The number of rotatable bonds is 7. The van der Waals surface area contributed by atoms with Gasteiger partial charge in [0.2, 0.25) is 17.8 Å². The van der Waals surface area contributed by atoms with Crippen LogP contribution >= 0.6 is 0 Å². The number of aryl methyl sites for hydroxylation is 1. The summed E-state index contributed by atoms with van der Waals surface area (Å²) >= 11 is 0. The Morgan fingerprint density at radius 1 is 1.12 bits per heavy atom. The van der Waals surface area contributed by atoms with Gasteiger partial charge in [-0.15, -0.1) is 0 Å². The third-order valence-electron chi connectivity index (χ3n) is 7.39. The molecule has 12 heteroatoms. The Hall–Kier alpha value is -5.23. The molecular formula is C30H25F2N7O3. The number of alkyl halides is 2. The number of halogens is 2. The largest absolute Gasteiger partial charge is 0.351 e. The molecule has 1 N–H and O–H groups in total. The van der Waals surface area contributed by atoms with Crippen LogP contribution in [0.2, 0.25) is 0 Å². The van der Waals surface area contributed by atoms with Crippen LogP contribution in [0.15, 0.2) is 60.8 Å². The molecule has 3 amide bonds. The van der Waals surface area contributed by atoms with E-state index in [1.165, 1.54) is 29.3 Å². The first kappa shape index (κ1) is 28.3. The zero-order valence-corrected chi connectivity index (χ0v) is 22.5. The number of amides is 3. The fourth-order valence-corrected chi connectivity index (χ4v) is 5.32. The molecule has 10 nitrogen and oxygen atoms in total. The van der Waals surface area contributed by atoms with E-state index in [1.807, 2.05) is 12.1 Å². The zero-order valence-electron chi connectivity index (χ0n) is 22.5. The van der Waals surface area contributed by atoms with Gasteiger partial charge >= 0.3 is 0 Å². The van der Waals surface area contributed by atoms with Crippen LogP contribution in [-0.2, 0) is 14.4 Å². The Morgan fingerprint density at radius 2 is 1.88 bits per heavy atom. The van der Waals surface area contributed by atoms with Crippen molar-refractivity contribution in [2.75, 3.05) is 9.80 Å². The molecule has 1 aliphatic heterocycles. The van der Waals surface area contributed by atoms with E-state index < -0.39 is 54.6 Å². The topological polar surface area (TPSA) is 143 Å². The van der Waals surface area contributed by atoms with E-state index in [9.17, 15) is 33.7 Å². The number of carbonyl (C=O) groups is 3. The number of carbonyl (C=O) groups excluding carboxylic acids is 3. The van der Waals surface area contributed by atoms with Crippen molar-refractivity contribution in [2.24, 2.45) is 0 Å². The van der Waals surface area contributed by atoms with Crippen molar-refractivity contribution in [3.63, 3.8) is 0 Å². The molecule has 2 unspecified atom stereocenters. The number of hydrogen-bond donors (Lipinski definition) is 1. The van der Waals surface area contributed by atoms with Crippen molar-refractivity contribution in [3.8, 4) is 12.1 Å². The standard InChI is InChI=1S/C30H25F2N7O3/c1-18-5-2-3-8-23(18)26(27(41)36-21-14-30(31,32)15-21)38(22-7-4-6-19(13-22)16-33)28(42)24-9-10-25(40)39(24)29-35-12-11-20(17-34)37-29/h2-8,11-13,21,24,26H,9-10,14-15H2,1H3,(H,36,41). The van der Waals surface area contributed by atoms with Crippen LogP contribution < -0.4 is 15.1 Å². The minimum absolute atomic E-state index is 0.000980. The van der Waals surface area contributed by atoms with Crippen LogP contribution in [0.1, 0.15) is 54.1 Å². The lowest BCUT2D eigenvalue weighted by molar-refractivity contribution is -0.133. The number of nitriles is 2. The average Bonchev–Trinajstić information content (AvgIpc) is 3.36. The first-order valence-electron chi connectivity index (χ1n) is 13.2. The summed E-state index contributed by atoms with van der Waals surface area (Å²) in [6.07, 6.45) is 0.327. The highest BCUT2D eigenvalue weighted by molar-refractivity contribution is 6.10.